The molecule has 1 N–H and O–H groups in total. The molecule has 1 aromatic rings. The molecule has 0 saturated carbocycles. The molecule has 0 radical (unpaired) electrons. The van der Waals surface area contributed by atoms with Crippen molar-refractivity contribution >= 4 is 5.97 Å². The molecule has 0 aromatic heterocycles. The molecular weight excluding hydrogens is 190 g/mol. The Labute approximate surface area is 88.0 Å². The molecule has 1 aliphatic rings. The zero-order valence-electron chi connectivity index (χ0n) is 8.40. The third kappa shape index (κ3) is 1.48. The van der Waals surface area contributed by atoms with Crippen LogP contribution in [0.4, 0.5) is 0 Å². The molecule has 15 heavy (non-hydrogen) atoms. The fourth-order valence-corrected chi connectivity index (χ4v) is 2.23. The van der Waals surface area contributed by atoms with Crippen LogP contribution in [-0.2, 0) is 11.2 Å². The smallest absolute Gasteiger partial charge is 0.307 e. The summed E-state index contributed by atoms with van der Waals surface area (Å²) in [4.78, 5) is 11.0. The van der Waals surface area contributed by atoms with Crippen LogP contribution in [0.25, 0.3) is 0 Å². The van der Waals surface area contributed by atoms with Crippen molar-refractivity contribution in [1.29, 1.82) is 5.26 Å². The fourth-order valence-electron chi connectivity index (χ4n) is 2.23. The minimum absolute atomic E-state index is 0.0465. The van der Waals surface area contributed by atoms with Crippen LogP contribution in [0.15, 0.2) is 18.2 Å². The maximum absolute atomic E-state index is 11.0. The van der Waals surface area contributed by atoms with E-state index < -0.39 is 5.97 Å². The van der Waals surface area contributed by atoms with Gasteiger partial charge in [0.1, 0.15) is 0 Å². The van der Waals surface area contributed by atoms with E-state index in [9.17, 15) is 4.79 Å². The summed E-state index contributed by atoms with van der Waals surface area (Å²) >= 11 is 0. The van der Waals surface area contributed by atoms with Gasteiger partial charge in [-0.3, -0.25) is 4.79 Å². The van der Waals surface area contributed by atoms with E-state index in [0.717, 1.165) is 11.1 Å². The number of hydrogen-bond acceptors (Lipinski definition) is 2. The Morgan fingerprint density at radius 1 is 1.60 bits per heavy atom. The quantitative estimate of drug-likeness (QED) is 0.755. The summed E-state index contributed by atoms with van der Waals surface area (Å²) in [6, 6.07) is 7.49. The fraction of sp³-hybridized carbons (Fsp3) is 0.333. The molecular formula is C12H11NO2. The minimum atomic E-state index is -0.753. The lowest BCUT2D eigenvalue weighted by Crippen LogP contribution is -2.16. The monoisotopic (exact) mass is 201 g/mol. The van der Waals surface area contributed by atoms with Crippen molar-refractivity contribution in [1.82, 2.24) is 0 Å². The first-order valence-electron chi connectivity index (χ1n) is 4.89. The van der Waals surface area contributed by atoms with Crippen LogP contribution in [0, 0.1) is 17.2 Å². The Hall–Kier alpha value is -1.82. The van der Waals surface area contributed by atoms with Gasteiger partial charge < -0.3 is 5.11 Å². The van der Waals surface area contributed by atoms with Crippen molar-refractivity contribution in [2.45, 2.75) is 19.3 Å². The summed E-state index contributed by atoms with van der Waals surface area (Å²) < 4.78 is 0. The Kier molecular flexibility index (Phi) is 2.20. The van der Waals surface area contributed by atoms with E-state index >= 15 is 0 Å². The number of carboxylic acids is 1. The molecule has 0 fully saturated rings. The van der Waals surface area contributed by atoms with E-state index in [0.29, 0.717) is 12.0 Å². The average molecular weight is 201 g/mol. The molecule has 0 saturated heterocycles. The topological polar surface area (TPSA) is 61.1 Å². The molecule has 2 atom stereocenters. The van der Waals surface area contributed by atoms with Gasteiger partial charge in [-0.2, -0.15) is 5.26 Å². The third-order valence-corrected chi connectivity index (χ3v) is 3.12. The van der Waals surface area contributed by atoms with E-state index in [1.807, 2.05) is 13.0 Å². The Morgan fingerprint density at radius 3 is 2.93 bits per heavy atom. The number of nitrogens with zero attached hydrogens (tertiary/aromatic N) is 1. The highest BCUT2D eigenvalue weighted by molar-refractivity contribution is 5.73. The Morgan fingerprint density at radius 2 is 2.33 bits per heavy atom. The molecule has 0 amide bonds. The average Bonchev–Trinajstić information content (AvgIpc) is 2.55. The van der Waals surface area contributed by atoms with E-state index in [2.05, 4.69) is 6.07 Å². The van der Waals surface area contributed by atoms with Gasteiger partial charge in [0.25, 0.3) is 0 Å². The van der Waals surface area contributed by atoms with Crippen LogP contribution in [0.5, 0.6) is 0 Å². The van der Waals surface area contributed by atoms with Gasteiger partial charge in [-0.1, -0.05) is 13.0 Å². The second-order valence-electron chi connectivity index (χ2n) is 3.96. The van der Waals surface area contributed by atoms with Gasteiger partial charge in [0, 0.05) is 0 Å². The zero-order chi connectivity index (χ0) is 11.0. The number of nitriles is 1. The summed E-state index contributed by atoms with van der Waals surface area (Å²) in [7, 11) is 0. The molecule has 0 heterocycles. The van der Waals surface area contributed by atoms with Crippen LogP contribution in [-0.4, -0.2) is 11.1 Å². The lowest BCUT2D eigenvalue weighted by atomic mass is 9.95. The number of rotatable bonds is 1. The van der Waals surface area contributed by atoms with Crippen molar-refractivity contribution in [3.63, 3.8) is 0 Å². The summed E-state index contributed by atoms with van der Waals surface area (Å²) in [5.74, 6) is -1.05. The van der Waals surface area contributed by atoms with Crippen molar-refractivity contribution in [3.05, 3.63) is 34.9 Å². The van der Waals surface area contributed by atoms with Crippen molar-refractivity contribution < 1.29 is 9.90 Å². The lowest BCUT2D eigenvalue weighted by Gasteiger charge is -2.09. The molecule has 0 spiro atoms. The Balaban J connectivity index is 2.41. The van der Waals surface area contributed by atoms with E-state index in [4.69, 9.17) is 10.4 Å². The molecule has 1 aromatic carbocycles. The summed E-state index contributed by atoms with van der Waals surface area (Å²) in [6.45, 7) is 1.93. The van der Waals surface area contributed by atoms with Gasteiger partial charge in [0.05, 0.1) is 17.6 Å². The van der Waals surface area contributed by atoms with E-state index in [-0.39, 0.29) is 11.8 Å². The van der Waals surface area contributed by atoms with Gasteiger partial charge in [-0.15, -0.1) is 0 Å². The van der Waals surface area contributed by atoms with Crippen molar-refractivity contribution in [2.75, 3.05) is 0 Å². The highest BCUT2D eigenvalue weighted by atomic mass is 16.4. The maximum atomic E-state index is 11.0. The number of carbonyl (C=O) groups is 1. The Bertz CT molecular complexity index is 459. The molecule has 3 heteroatoms. The van der Waals surface area contributed by atoms with Crippen molar-refractivity contribution in [2.24, 2.45) is 5.92 Å². The van der Waals surface area contributed by atoms with Gasteiger partial charge in [0.2, 0.25) is 0 Å². The predicted molar refractivity (Wildman–Crippen MR) is 54.4 cm³/mol. The summed E-state index contributed by atoms with van der Waals surface area (Å²) in [6.07, 6.45) is 0.543. The first-order valence-corrected chi connectivity index (χ1v) is 4.89. The highest BCUT2D eigenvalue weighted by Crippen LogP contribution is 2.37. The van der Waals surface area contributed by atoms with Crippen LogP contribution in [0.3, 0.4) is 0 Å². The van der Waals surface area contributed by atoms with Gasteiger partial charge in [-0.25, -0.2) is 0 Å². The standard InChI is InChI=1S/C12H11NO2/c1-7-10-3-2-8(6-13)4-9(10)5-11(7)12(14)15/h2-4,7,11H,5H2,1H3,(H,14,15). The minimum Gasteiger partial charge on any atom is -0.481 e. The number of hydrogen-bond donors (Lipinski definition) is 1. The summed E-state index contributed by atoms with van der Waals surface area (Å²) in [5, 5.41) is 17.8. The van der Waals surface area contributed by atoms with Gasteiger partial charge in [0.15, 0.2) is 0 Å². The van der Waals surface area contributed by atoms with Crippen LogP contribution < -0.4 is 0 Å². The largest absolute Gasteiger partial charge is 0.481 e. The number of benzene rings is 1. The molecule has 0 aliphatic heterocycles. The van der Waals surface area contributed by atoms with E-state index in [1.54, 1.807) is 12.1 Å². The lowest BCUT2D eigenvalue weighted by molar-refractivity contribution is -0.142. The zero-order valence-corrected chi connectivity index (χ0v) is 8.40. The maximum Gasteiger partial charge on any atom is 0.307 e. The number of fused-ring (bicyclic) bond motifs is 1. The molecule has 76 valence electrons. The number of carboxylic acid groups (broad SMARTS) is 1. The van der Waals surface area contributed by atoms with Crippen molar-refractivity contribution in [3.8, 4) is 6.07 Å². The normalized spacial score (nSPS) is 23.2. The van der Waals surface area contributed by atoms with Gasteiger partial charge >= 0.3 is 5.97 Å². The number of aliphatic carboxylic acids is 1. The molecule has 3 nitrogen and oxygen atoms in total. The SMILES string of the molecule is CC1c2ccc(C#N)cc2CC1C(=O)O. The summed E-state index contributed by atoms with van der Waals surface area (Å²) in [5.41, 5.74) is 2.68. The van der Waals surface area contributed by atoms with E-state index in [1.165, 1.54) is 0 Å². The van der Waals surface area contributed by atoms with Crippen LogP contribution in [0.2, 0.25) is 0 Å². The first kappa shape index (κ1) is 9.72. The second kappa shape index (κ2) is 3.39. The molecule has 1 aliphatic carbocycles. The third-order valence-electron chi connectivity index (χ3n) is 3.12. The molecule has 2 rings (SSSR count). The van der Waals surface area contributed by atoms with Gasteiger partial charge in [-0.05, 0) is 35.6 Å². The highest BCUT2D eigenvalue weighted by Gasteiger charge is 2.34. The van der Waals surface area contributed by atoms with Crippen LogP contribution in [0.1, 0.15) is 29.5 Å². The molecule has 2 unspecified atom stereocenters. The second-order valence-corrected chi connectivity index (χ2v) is 3.96. The van der Waals surface area contributed by atoms with Crippen LogP contribution >= 0.6 is 0 Å². The predicted octanol–water partition coefficient (Wildman–Crippen LogP) is 1.92. The molecule has 0 bridgehead atoms. The first-order chi connectivity index (χ1) is 7.13.